The van der Waals surface area contributed by atoms with Crippen molar-refractivity contribution < 1.29 is 23.4 Å². The lowest BCUT2D eigenvalue weighted by molar-refractivity contribution is -0.136. The van der Waals surface area contributed by atoms with Crippen molar-refractivity contribution in [3.05, 3.63) is 76.5 Å². The number of pyridine rings is 1. The average Bonchev–Trinajstić information content (AvgIpc) is 3.17. The molecule has 0 amide bonds. The number of fused-ring (bicyclic) bond motifs is 1. The summed E-state index contributed by atoms with van der Waals surface area (Å²) in [5.74, 6) is 0. The highest BCUT2D eigenvalue weighted by Crippen LogP contribution is 2.41. The average molecular weight is 497 g/mol. The highest BCUT2D eigenvalue weighted by Gasteiger charge is 2.25. The monoisotopic (exact) mass is 496 g/mol. The van der Waals surface area contributed by atoms with Crippen LogP contribution in [0.25, 0.3) is 33.3 Å². The van der Waals surface area contributed by atoms with Crippen molar-refractivity contribution >= 4 is 34.1 Å². The number of aliphatic hydroxyl groups excluding tert-OH is 2. The molecular formula is C24H21Cl2F3N2O2. The third kappa shape index (κ3) is 6.48. The Labute approximate surface area is 198 Å². The third-order valence-electron chi connectivity index (χ3n) is 4.83. The number of aromatic amines is 1. The maximum absolute atomic E-state index is 11.1. The molecule has 4 rings (SSSR count). The van der Waals surface area contributed by atoms with Crippen LogP contribution >= 0.6 is 23.2 Å². The van der Waals surface area contributed by atoms with Gasteiger partial charge in [-0.3, -0.25) is 0 Å². The first-order valence-electron chi connectivity index (χ1n) is 10.0. The number of halogens is 5. The molecule has 0 aliphatic carbocycles. The molecule has 0 fully saturated rings. The van der Waals surface area contributed by atoms with E-state index in [4.69, 9.17) is 28.3 Å². The van der Waals surface area contributed by atoms with Gasteiger partial charge in [-0.1, -0.05) is 53.5 Å². The molecule has 0 radical (unpaired) electrons. The molecule has 174 valence electrons. The number of aliphatic hydroxyl groups is 2. The number of H-pyrrole nitrogens is 1. The largest absolute Gasteiger partial charge is 0.396 e. The zero-order valence-electron chi connectivity index (χ0n) is 17.3. The maximum atomic E-state index is 11.1. The lowest BCUT2D eigenvalue weighted by Gasteiger charge is -2.09. The Kier molecular flexibility index (Phi) is 8.37. The number of alkyl halides is 3. The van der Waals surface area contributed by atoms with Gasteiger partial charge in [0.2, 0.25) is 0 Å². The normalized spacial score (nSPS) is 11.4. The van der Waals surface area contributed by atoms with Crippen LogP contribution in [0.4, 0.5) is 13.2 Å². The Morgan fingerprint density at radius 2 is 1.73 bits per heavy atom. The van der Waals surface area contributed by atoms with E-state index in [1.807, 2.05) is 42.5 Å². The van der Waals surface area contributed by atoms with Crippen molar-refractivity contribution in [1.82, 2.24) is 9.97 Å². The van der Waals surface area contributed by atoms with Crippen LogP contribution in [0.1, 0.15) is 18.4 Å². The van der Waals surface area contributed by atoms with Gasteiger partial charge in [0.05, 0.1) is 12.3 Å². The standard InChI is InChI=1S/C20H14Cl2N2O.C4H7F3O/c21-16-9-12(11-25)5-6-14(16)19-15-3-1-2-4-17(15)24-20(19)13-7-8-23-18(22)10-13;5-4(6,7)2-1-3-8/h1-10,24-25H,11H2;8H,1-3H2. The molecule has 0 aliphatic heterocycles. The molecule has 2 aromatic carbocycles. The van der Waals surface area contributed by atoms with E-state index in [1.54, 1.807) is 12.3 Å². The zero-order valence-corrected chi connectivity index (χ0v) is 18.8. The highest BCUT2D eigenvalue weighted by atomic mass is 35.5. The van der Waals surface area contributed by atoms with Gasteiger partial charge >= 0.3 is 6.18 Å². The van der Waals surface area contributed by atoms with E-state index in [0.717, 1.165) is 38.9 Å². The predicted octanol–water partition coefficient (Wildman–Crippen LogP) is 7.02. The summed E-state index contributed by atoms with van der Waals surface area (Å²) in [6, 6.07) is 17.4. The van der Waals surface area contributed by atoms with Crippen LogP contribution in [0.5, 0.6) is 0 Å². The number of hydrogen-bond donors (Lipinski definition) is 3. The van der Waals surface area contributed by atoms with Crippen molar-refractivity contribution in [2.75, 3.05) is 6.61 Å². The van der Waals surface area contributed by atoms with Gasteiger partial charge in [0.1, 0.15) is 5.15 Å². The Morgan fingerprint density at radius 3 is 2.33 bits per heavy atom. The van der Waals surface area contributed by atoms with Gasteiger partial charge in [0.15, 0.2) is 0 Å². The summed E-state index contributed by atoms with van der Waals surface area (Å²) in [6.07, 6.45) is -3.50. The van der Waals surface area contributed by atoms with Crippen LogP contribution in [0.3, 0.4) is 0 Å². The first-order chi connectivity index (χ1) is 15.7. The number of hydrogen-bond acceptors (Lipinski definition) is 3. The molecule has 0 unspecified atom stereocenters. The molecule has 0 spiro atoms. The molecule has 0 aliphatic rings. The van der Waals surface area contributed by atoms with E-state index >= 15 is 0 Å². The van der Waals surface area contributed by atoms with Crippen LogP contribution in [0.2, 0.25) is 10.2 Å². The van der Waals surface area contributed by atoms with Crippen LogP contribution in [-0.4, -0.2) is 33.0 Å². The molecule has 0 saturated carbocycles. The molecule has 3 N–H and O–H groups in total. The second kappa shape index (κ2) is 11.0. The Morgan fingerprint density at radius 1 is 0.970 bits per heavy atom. The smallest absolute Gasteiger partial charge is 0.389 e. The summed E-state index contributed by atoms with van der Waals surface area (Å²) in [5.41, 5.74) is 5.58. The van der Waals surface area contributed by atoms with Crippen LogP contribution in [0, 0.1) is 0 Å². The fourth-order valence-corrected chi connectivity index (χ4v) is 3.81. The molecule has 0 saturated heterocycles. The molecule has 2 heterocycles. The highest BCUT2D eigenvalue weighted by molar-refractivity contribution is 6.34. The van der Waals surface area contributed by atoms with Gasteiger partial charge in [-0.05, 0) is 36.2 Å². The molecule has 4 nitrogen and oxygen atoms in total. The second-order valence-electron chi connectivity index (χ2n) is 7.20. The molecule has 4 aromatic rings. The molecule has 2 aromatic heterocycles. The van der Waals surface area contributed by atoms with E-state index in [2.05, 4.69) is 16.0 Å². The minimum atomic E-state index is -4.11. The number of nitrogens with one attached hydrogen (secondary N) is 1. The predicted molar refractivity (Wildman–Crippen MR) is 125 cm³/mol. The Balaban J connectivity index is 0.000000331. The summed E-state index contributed by atoms with van der Waals surface area (Å²) < 4.78 is 33.4. The fraction of sp³-hybridized carbons (Fsp3) is 0.208. The van der Waals surface area contributed by atoms with E-state index in [-0.39, 0.29) is 19.6 Å². The second-order valence-corrected chi connectivity index (χ2v) is 8.00. The summed E-state index contributed by atoms with van der Waals surface area (Å²) in [4.78, 5) is 7.53. The topological polar surface area (TPSA) is 69.1 Å². The van der Waals surface area contributed by atoms with Gasteiger partial charge < -0.3 is 15.2 Å². The van der Waals surface area contributed by atoms with Gasteiger partial charge in [0, 0.05) is 51.8 Å². The number of para-hydroxylation sites is 1. The van der Waals surface area contributed by atoms with Crippen molar-refractivity contribution in [3.8, 4) is 22.4 Å². The molecule has 0 atom stereocenters. The fourth-order valence-electron chi connectivity index (χ4n) is 3.34. The van der Waals surface area contributed by atoms with E-state index in [9.17, 15) is 18.3 Å². The lowest BCUT2D eigenvalue weighted by Crippen LogP contribution is -2.07. The van der Waals surface area contributed by atoms with Gasteiger partial charge in [-0.15, -0.1) is 0 Å². The number of benzene rings is 2. The maximum Gasteiger partial charge on any atom is 0.389 e. The van der Waals surface area contributed by atoms with Crippen LogP contribution in [-0.2, 0) is 6.61 Å². The van der Waals surface area contributed by atoms with Gasteiger partial charge in [-0.25, -0.2) is 4.98 Å². The third-order valence-corrected chi connectivity index (χ3v) is 5.34. The van der Waals surface area contributed by atoms with Gasteiger partial charge in [0.25, 0.3) is 0 Å². The van der Waals surface area contributed by atoms with Crippen LogP contribution in [0.15, 0.2) is 60.8 Å². The molecular weight excluding hydrogens is 476 g/mol. The quantitative estimate of drug-likeness (QED) is 0.260. The zero-order chi connectivity index (χ0) is 24.0. The number of rotatable bonds is 5. The Hall–Kier alpha value is -2.58. The molecule has 0 bridgehead atoms. The van der Waals surface area contributed by atoms with E-state index < -0.39 is 12.6 Å². The van der Waals surface area contributed by atoms with E-state index in [1.165, 1.54) is 0 Å². The van der Waals surface area contributed by atoms with Crippen molar-refractivity contribution in [3.63, 3.8) is 0 Å². The minimum Gasteiger partial charge on any atom is -0.396 e. The van der Waals surface area contributed by atoms with Crippen LogP contribution < -0.4 is 0 Å². The lowest BCUT2D eigenvalue weighted by atomic mass is 9.98. The van der Waals surface area contributed by atoms with E-state index in [0.29, 0.717) is 10.2 Å². The molecule has 9 heteroatoms. The van der Waals surface area contributed by atoms with Crippen molar-refractivity contribution in [2.24, 2.45) is 0 Å². The number of nitrogens with zero attached hydrogens (tertiary/aromatic N) is 1. The molecule has 33 heavy (non-hydrogen) atoms. The first-order valence-corrected chi connectivity index (χ1v) is 10.8. The van der Waals surface area contributed by atoms with Gasteiger partial charge in [-0.2, -0.15) is 13.2 Å². The van der Waals surface area contributed by atoms with Crippen molar-refractivity contribution in [1.29, 1.82) is 0 Å². The van der Waals surface area contributed by atoms with Crippen molar-refractivity contribution in [2.45, 2.75) is 25.6 Å². The minimum absolute atomic E-state index is 0.0410. The summed E-state index contributed by atoms with van der Waals surface area (Å²) in [7, 11) is 0. The number of aromatic nitrogens is 2. The Bertz CT molecular complexity index is 1230. The summed E-state index contributed by atoms with van der Waals surface area (Å²) in [6.45, 7) is -0.430. The summed E-state index contributed by atoms with van der Waals surface area (Å²) in [5, 5.41) is 19.4. The summed E-state index contributed by atoms with van der Waals surface area (Å²) >= 11 is 12.6. The SMILES string of the molecule is OCCCC(F)(F)F.OCc1ccc(-c2c(-c3ccnc(Cl)c3)[nH]c3ccccc23)c(Cl)c1. The first kappa shape index (κ1) is 25.1.